The molecule has 2 amide bonds. The molecule has 1 N–H and O–H groups in total. The van der Waals surface area contributed by atoms with E-state index in [2.05, 4.69) is 34.7 Å². The quantitative estimate of drug-likeness (QED) is 0.851. The summed E-state index contributed by atoms with van der Waals surface area (Å²) < 4.78 is 1.58. The number of benzene rings is 1. The first-order chi connectivity index (χ1) is 13.4. The van der Waals surface area contributed by atoms with Gasteiger partial charge >= 0.3 is 0 Å². The molecule has 1 unspecified atom stereocenters. The van der Waals surface area contributed by atoms with Gasteiger partial charge in [-0.2, -0.15) is 0 Å². The summed E-state index contributed by atoms with van der Waals surface area (Å²) in [6.45, 7) is 9.35. The summed E-state index contributed by atoms with van der Waals surface area (Å²) in [4.78, 5) is 27.1. The third-order valence-corrected chi connectivity index (χ3v) is 5.56. The number of tetrazole rings is 1. The molecule has 3 rings (SSSR count). The highest BCUT2D eigenvalue weighted by Crippen LogP contribution is 2.21. The van der Waals surface area contributed by atoms with Crippen LogP contribution in [0, 0.1) is 18.8 Å². The minimum atomic E-state index is -0.0193. The number of amides is 2. The van der Waals surface area contributed by atoms with Crippen LogP contribution in [0.1, 0.15) is 49.5 Å². The van der Waals surface area contributed by atoms with Crippen LogP contribution < -0.4 is 5.32 Å². The van der Waals surface area contributed by atoms with Crippen molar-refractivity contribution in [2.75, 3.05) is 13.1 Å². The number of rotatable bonds is 5. The SMILES string of the molecule is Cc1cc(C(=O)N2CCC(C(=O)NC(C)C(C)C)CC2)ccc1-n1cnnn1. The molecule has 1 aliphatic rings. The molecule has 28 heavy (non-hydrogen) atoms. The highest BCUT2D eigenvalue weighted by molar-refractivity contribution is 5.95. The second-order valence-corrected chi connectivity index (χ2v) is 7.86. The number of hydrogen-bond acceptors (Lipinski definition) is 5. The first kappa shape index (κ1) is 20.0. The molecule has 8 nitrogen and oxygen atoms in total. The fourth-order valence-electron chi connectivity index (χ4n) is 3.35. The molecule has 0 spiro atoms. The monoisotopic (exact) mass is 384 g/mol. The van der Waals surface area contributed by atoms with Gasteiger partial charge in [-0.25, -0.2) is 4.68 Å². The maximum absolute atomic E-state index is 12.9. The standard InChI is InChI=1S/C20H28N6O2/c1-13(2)15(4)22-19(27)16-7-9-25(10-8-16)20(28)17-5-6-18(14(3)11-17)26-12-21-23-24-26/h5-6,11-13,15-16H,7-10H2,1-4H3,(H,22,27). The zero-order chi connectivity index (χ0) is 20.3. The number of nitrogens with one attached hydrogen (secondary N) is 1. The van der Waals surface area contributed by atoms with Crippen LogP contribution in [0.15, 0.2) is 24.5 Å². The Morgan fingerprint density at radius 3 is 2.46 bits per heavy atom. The molecule has 1 atom stereocenters. The number of aryl methyl sites for hydroxylation is 1. The van der Waals surface area contributed by atoms with Gasteiger partial charge in [-0.15, -0.1) is 5.10 Å². The smallest absolute Gasteiger partial charge is 0.253 e. The molecule has 0 aliphatic carbocycles. The lowest BCUT2D eigenvalue weighted by molar-refractivity contribution is -0.127. The number of aromatic nitrogens is 4. The molecular weight excluding hydrogens is 356 g/mol. The van der Waals surface area contributed by atoms with Gasteiger partial charge in [0.15, 0.2) is 0 Å². The van der Waals surface area contributed by atoms with E-state index in [4.69, 9.17) is 0 Å². The maximum atomic E-state index is 12.9. The molecule has 0 saturated carbocycles. The van der Waals surface area contributed by atoms with Gasteiger partial charge < -0.3 is 10.2 Å². The van der Waals surface area contributed by atoms with E-state index in [1.165, 1.54) is 6.33 Å². The number of hydrogen-bond donors (Lipinski definition) is 1. The molecule has 0 radical (unpaired) electrons. The van der Waals surface area contributed by atoms with Gasteiger partial charge in [-0.1, -0.05) is 13.8 Å². The van der Waals surface area contributed by atoms with E-state index < -0.39 is 0 Å². The second kappa shape index (κ2) is 8.50. The normalized spacial score (nSPS) is 16.2. The van der Waals surface area contributed by atoms with Crippen molar-refractivity contribution in [3.63, 3.8) is 0 Å². The van der Waals surface area contributed by atoms with Crippen molar-refractivity contribution >= 4 is 11.8 Å². The van der Waals surface area contributed by atoms with Crippen LogP contribution in [0.4, 0.5) is 0 Å². The van der Waals surface area contributed by atoms with Crippen LogP contribution in [-0.4, -0.2) is 56.1 Å². The Morgan fingerprint density at radius 2 is 1.89 bits per heavy atom. The zero-order valence-electron chi connectivity index (χ0n) is 16.9. The van der Waals surface area contributed by atoms with E-state index in [0.717, 1.165) is 11.3 Å². The van der Waals surface area contributed by atoms with Crippen LogP contribution in [0.3, 0.4) is 0 Å². The molecule has 1 aromatic heterocycles. The van der Waals surface area contributed by atoms with E-state index in [1.54, 1.807) is 10.7 Å². The highest BCUT2D eigenvalue weighted by Gasteiger charge is 2.28. The Morgan fingerprint density at radius 1 is 1.18 bits per heavy atom. The average molecular weight is 384 g/mol. The zero-order valence-corrected chi connectivity index (χ0v) is 16.9. The summed E-state index contributed by atoms with van der Waals surface area (Å²) in [5.74, 6) is 0.495. The lowest BCUT2D eigenvalue weighted by Crippen LogP contribution is -2.45. The van der Waals surface area contributed by atoms with E-state index >= 15 is 0 Å². The number of carbonyl (C=O) groups is 2. The summed E-state index contributed by atoms with van der Waals surface area (Å²) >= 11 is 0. The third-order valence-electron chi connectivity index (χ3n) is 5.56. The minimum absolute atomic E-state index is 0.000715. The van der Waals surface area contributed by atoms with E-state index in [-0.39, 0.29) is 23.8 Å². The first-order valence-corrected chi connectivity index (χ1v) is 9.80. The van der Waals surface area contributed by atoms with Crippen molar-refractivity contribution in [3.05, 3.63) is 35.7 Å². The fourth-order valence-corrected chi connectivity index (χ4v) is 3.35. The van der Waals surface area contributed by atoms with Gasteiger partial charge in [0.05, 0.1) is 5.69 Å². The second-order valence-electron chi connectivity index (χ2n) is 7.86. The van der Waals surface area contributed by atoms with Crippen molar-refractivity contribution in [1.82, 2.24) is 30.4 Å². The predicted molar refractivity (Wildman–Crippen MR) is 105 cm³/mol. The van der Waals surface area contributed by atoms with Crippen LogP contribution in [0.5, 0.6) is 0 Å². The molecule has 1 aliphatic heterocycles. The van der Waals surface area contributed by atoms with Crippen LogP contribution in [0.25, 0.3) is 5.69 Å². The molecular formula is C20H28N6O2. The first-order valence-electron chi connectivity index (χ1n) is 9.80. The van der Waals surface area contributed by atoms with Gasteiger partial charge in [0.2, 0.25) is 5.91 Å². The Bertz CT molecular complexity index is 825. The number of likely N-dealkylation sites (tertiary alicyclic amines) is 1. The molecule has 1 saturated heterocycles. The van der Waals surface area contributed by atoms with E-state index in [1.807, 2.05) is 30.9 Å². The lowest BCUT2D eigenvalue weighted by atomic mass is 9.94. The molecule has 150 valence electrons. The Balaban J connectivity index is 1.59. The Kier molecular flexibility index (Phi) is 6.06. The van der Waals surface area contributed by atoms with Gasteiger partial charge in [0, 0.05) is 30.6 Å². The van der Waals surface area contributed by atoms with Crippen LogP contribution >= 0.6 is 0 Å². The molecule has 0 bridgehead atoms. The number of carbonyl (C=O) groups excluding carboxylic acids is 2. The highest BCUT2D eigenvalue weighted by atomic mass is 16.2. The largest absolute Gasteiger partial charge is 0.353 e. The summed E-state index contributed by atoms with van der Waals surface area (Å²) in [5, 5.41) is 14.3. The maximum Gasteiger partial charge on any atom is 0.253 e. The molecule has 2 heterocycles. The topological polar surface area (TPSA) is 93.0 Å². The van der Waals surface area contributed by atoms with Crippen molar-refractivity contribution in [1.29, 1.82) is 0 Å². The fraction of sp³-hybridized carbons (Fsp3) is 0.550. The number of nitrogens with zero attached hydrogens (tertiary/aromatic N) is 5. The lowest BCUT2D eigenvalue weighted by Gasteiger charge is -2.32. The van der Waals surface area contributed by atoms with Gasteiger partial charge in [0.1, 0.15) is 6.33 Å². The Hall–Kier alpha value is -2.77. The summed E-state index contributed by atoms with van der Waals surface area (Å²) in [6.07, 6.45) is 2.92. The third kappa shape index (κ3) is 4.37. The Labute approximate surface area is 165 Å². The predicted octanol–water partition coefficient (Wildman–Crippen LogP) is 1.98. The van der Waals surface area contributed by atoms with Crippen molar-refractivity contribution in [2.24, 2.45) is 11.8 Å². The molecule has 2 aromatic rings. The average Bonchev–Trinajstić information content (AvgIpc) is 3.21. The van der Waals surface area contributed by atoms with Crippen molar-refractivity contribution in [2.45, 2.75) is 46.6 Å². The molecule has 8 heteroatoms. The minimum Gasteiger partial charge on any atom is -0.353 e. The summed E-state index contributed by atoms with van der Waals surface area (Å²) in [7, 11) is 0. The van der Waals surface area contributed by atoms with Crippen LogP contribution in [0.2, 0.25) is 0 Å². The van der Waals surface area contributed by atoms with Crippen molar-refractivity contribution in [3.8, 4) is 5.69 Å². The van der Waals surface area contributed by atoms with Gasteiger partial charge in [-0.3, -0.25) is 9.59 Å². The van der Waals surface area contributed by atoms with E-state index in [9.17, 15) is 9.59 Å². The summed E-state index contributed by atoms with van der Waals surface area (Å²) in [6, 6.07) is 5.68. The number of piperidine rings is 1. The van der Waals surface area contributed by atoms with Gasteiger partial charge in [0.25, 0.3) is 5.91 Å². The van der Waals surface area contributed by atoms with E-state index in [0.29, 0.717) is 37.4 Å². The van der Waals surface area contributed by atoms with Crippen LogP contribution in [-0.2, 0) is 4.79 Å². The molecule has 1 fully saturated rings. The van der Waals surface area contributed by atoms with Gasteiger partial charge in [-0.05, 0) is 66.8 Å². The summed E-state index contributed by atoms with van der Waals surface area (Å²) in [5.41, 5.74) is 2.41. The van der Waals surface area contributed by atoms with Crippen molar-refractivity contribution < 1.29 is 9.59 Å². The molecule has 1 aromatic carbocycles.